The Bertz CT molecular complexity index is 579. The molecule has 4 rings (SSSR count). The van der Waals surface area contributed by atoms with Crippen molar-refractivity contribution in [2.24, 2.45) is 5.41 Å². The monoisotopic (exact) mass is 349 g/mol. The molecule has 1 aromatic rings. The number of likely N-dealkylation sites (tertiary alicyclic amines) is 2. The maximum Gasteiger partial charge on any atom is 0.276 e. The SMILES string of the molecule is O=C(c1cn[nH]n1)N1CCC2(CC1)CC(O)CN(C1CCOCC1)C2. The highest BCUT2D eigenvalue weighted by Crippen LogP contribution is 2.41. The van der Waals surface area contributed by atoms with Gasteiger partial charge in [0.05, 0.1) is 12.3 Å². The lowest BCUT2D eigenvalue weighted by Crippen LogP contribution is -2.57. The summed E-state index contributed by atoms with van der Waals surface area (Å²) < 4.78 is 5.48. The van der Waals surface area contributed by atoms with Crippen molar-refractivity contribution in [1.82, 2.24) is 25.2 Å². The van der Waals surface area contributed by atoms with Gasteiger partial charge in [-0.05, 0) is 37.5 Å². The van der Waals surface area contributed by atoms with E-state index in [2.05, 4.69) is 20.3 Å². The number of ether oxygens (including phenoxy) is 1. The molecule has 1 spiro atoms. The van der Waals surface area contributed by atoms with E-state index in [1.165, 1.54) is 6.20 Å². The van der Waals surface area contributed by atoms with Crippen molar-refractivity contribution in [3.63, 3.8) is 0 Å². The molecular formula is C17H27N5O3. The van der Waals surface area contributed by atoms with Crippen LogP contribution in [0.15, 0.2) is 6.20 Å². The summed E-state index contributed by atoms with van der Waals surface area (Å²) in [5.74, 6) is -0.0544. The summed E-state index contributed by atoms with van der Waals surface area (Å²) in [6, 6.07) is 0.523. The highest BCUT2D eigenvalue weighted by molar-refractivity contribution is 5.91. The van der Waals surface area contributed by atoms with E-state index in [4.69, 9.17) is 4.74 Å². The van der Waals surface area contributed by atoms with Crippen LogP contribution in [0.2, 0.25) is 0 Å². The molecule has 1 atom stereocenters. The number of carbonyl (C=O) groups is 1. The number of nitrogens with zero attached hydrogens (tertiary/aromatic N) is 4. The zero-order chi connectivity index (χ0) is 17.3. The summed E-state index contributed by atoms with van der Waals surface area (Å²) in [5.41, 5.74) is 0.500. The second-order valence-corrected chi connectivity index (χ2v) is 7.78. The summed E-state index contributed by atoms with van der Waals surface area (Å²) in [5, 5.41) is 20.6. The highest BCUT2D eigenvalue weighted by Gasteiger charge is 2.44. The van der Waals surface area contributed by atoms with Gasteiger partial charge in [-0.3, -0.25) is 9.69 Å². The quantitative estimate of drug-likeness (QED) is 0.796. The normalized spacial score (nSPS) is 28.4. The van der Waals surface area contributed by atoms with Crippen molar-refractivity contribution in [3.8, 4) is 0 Å². The molecule has 0 radical (unpaired) electrons. The van der Waals surface area contributed by atoms with E-state index >= 15 is 0 Å². The molecule has 4 heterocycles. The molecule has 0 saturated carbocycles. The number of hydrogen-bond acceptors (Lipinski definition) is 6. The topological polar surface area (TPSA) is 94.6 Å². The van der Waals surface area contributed by atoms with Crippen molar-refractivity contribution < 1.29 is 14.6 Å². The van der Waals surface area contributed by atoms with E-state index in [1.807, 2.05) is 4.90 Å². The standard InChI is InChI=1S/C17H27N5O3/c23-14-9-17(12-22(11-14)13-1-7-25-8-2-13)3-5-21(6-4-17)16(24)15-10-18-20-19-15/h10,13-14,23H,1-9,11-12H2,(H,18,19,20). The van der Waals surface area contributed by atoms with Gasteiger partial charge in [-0.1, -0.05) is 0 Å². The van der Waals surface area contributed by atoms with Crippen LogP contribution in [0, 0.1) is 5.41 Å². The van der Waals surface area contributed by atoms with Crippen LogP contribution in [0.1, 0.15) is 42.6 Å². The van der Waals surface area contributed by atoms with Gasteiger partial charge in [-0.15, -0.1) is 0 Å². The lowest BCUT2D eigenvalue weighted by atomic mass is 9.71. The summed E-state index contributed by atoms with van der Waals surface area (Å²) in [6.45, 7) is 4.89. The number of aromatic nitrogens is 3. The van der Waals surface area contributed by atoms with E-state index in [1.54, 1.807) is 0 Å². The van der Waals surface area contributed by atoms with Gasteiger partial charge in [0.2, 0.25) is 0 Å². The highest BCUT2D eigenvalue weighted by atomic mass is 16.5. The van der Waals surface area contributed by atoms with Crippen molar-refractivity contribution in [3.05, 3.63) is 11.9 Å². The molecular weight excluding hydrogens is 322 g/mol. The molecule has 0 aliphatic carbocycles. The van der Waals surface area contributed by atoms with E-state index in [-0.39, 0.29) is 17.4 Å². The molecule has 1 aromatic heterocycles. The molecule has 1 unspecified atom stereocenters. The van der Waals surface area contributed by atoms with Gasteiger partial charge in [0.1, 0.15) is 0 Å². The molecule has 3 aliphatic rings. The number of amides is 1. The molecule has 0 aromatic carbocycles. The smallest absolute Gasteiger partial charge is 0.276 e. The molecule has 3 saturated heterocycles. The predicted octanol–water partition coefficient (Wildman–Crippen LogP) is 0.273. The first-order valence-corrected chi connectivity index (χ1v) is 9.30. The Kier molecular flexibility index (Phi) is 4.75. The van der Waals surface area contributed by atoms with Crippen molar-refractivity contribution >= 4 is 5.91 Å². The van der Waals surface area contributed by atoms with Gasteiger partial charge < -0.3 is 14.7 Å². The number of aromatic amines is 1. The average Bonchev–Trinajstić information content (AvgIpc) is 3.17. The van der Waals surface area contributed by atoms with E-state index in [0.717, 1.165) is 71.5 Å². The fourth-order valence-electron chi connectivity index (χ4n) is 4.74. The van der Waals surface area contributed by atoms with Gasteiger partial charge in [0.25, 0.3) is 5.91 Å². The minimum atomic E-state index is -0.269. The summed E-state index contributed by atoms with van der Waals surface area (Å²) in [7, 11) is 0. The van der Waals surface area contributed by atoms with E-state index in [0.29, 0.717) is 11.7 Å². The van der Waals surface area contributed by atoms with Crippen molar-refractivity contribution in [2.45, 2.75) is 44.2 Å². The average molecular weight is 349 g/mol. The minimum Gasteiger partial charge on any atom is -0.392 e. The molecule has 3 aliphatic heterocycles. The van der Waals surface area contributed by atoms with Gasteiger partial charge in [-0.25, -0.2) is 0 Å². The van der Waals surface area contributed by atoms with Crippen LogP contribution in [-0.2, 0) is 4.74 Å². The van der Waals surface area contributed by atoms with Crippen molar-refractivity contribution in [1.29, 1.82) is 0 Å². The minimum absolute atomic E-state index is 0.0544. The number of β-amino-alcohol motifs (C(OH)–C–C–N with tert-alkyl or cyclic N) is 1. The number of piperidine rings is 2. The summed E-state index contributed by atoms with van der Waals surface area (Å²) in [4.78, 5) is 16.8. The molecule has 8 nitrogen and oxygen atoms in total. The Hall–Kier alpha value is -1.51. The number of aliphatic hydroxyl groups is 1. The number of nitrogens with one attached hydrogen (secondary N) is 1. The zero-order valence-electron chi connectivity index (χ0n) is 14.6. The third-order valence-corrected chi connectivity index (χ3v) is 6.11. The first kappa shape index (κ1) is 16.9. The fraction of sp³-hybridized carbons (Fsp3) is 0.824. The first-order valence-electron chi connectivity index (χ1n) is 9.30. The van der Waals surface area contributed by atoms with Crippen LogP contribution in [0.3, 0.4) is 0 Å². The lowest BCUT2D eigenvalue weighted by Gasteiger charge is -2.51. The molecule has 1 amide bonds. The second-order valence-electron chi connectivity index (χ2n) is 7.78. The number of hydrogen-bond donors (Lipinski definition) is 2. The van der Waals surface area contributed by atoms with E-state index < -0.39 is 0 Å². The maximum atomic E-state index is 12.4. The second kappa shape index (κ2) is 7.01. The van der Waals surface area contributed by atoms with E-state index in [9.17, 15) is 9.90 Å². The third-order valence-electron chi connectivity index (χ3n) is 6.11. The summed E-state index contributed by atoms with van der Waals surface area (Å²) >= 11 is 0. The molecule has 8 heteroatoms. The number of rotatable bonds is 2. The van der Waals surface area contributed by atoms with Crippen LogP contribution in [0.4, 0.5) is 0 Å². The zero-order valence-corrected chi connectivity index (χ0v) is 14.6. The summed E-state index contributed by atoms with van der Waals surface area (Å²) in [6.07, 6.45) is 6.04. The van der Waals surface area contributed by atoms with Gasteiger partial charge in [-0.2, -0.15) is 15.4 Å². The molecule has 25 heavy (non-hydrogen) atoms. The van der Waals surface area contributed by atoms with Crippen LogP contribution in [0.5, 0.6) is 0 Å². The third kappa shape index (κ3) is 3.56. The van der Waals surface area contributed by atoms with Crippen molar-refractivity contribution in [2.75, 3.05) is 39.4 Å². The Morgan fingerprint density at radius 3 is 2.76 bits per heavy atom. The Morgan fingerprint density at radius 2 is 2.08 bits per heavy atom. The predicted molar refractivity (Wildman–Crippen MR) is 90.0 cm³/mol. The number of H-pyrrole nitrogens is 1. The molecule has 0 bridgehead atoms. The van der Waals surface area contributed by atoms with Gasteiger partial charge in [0.15, 0.2) is 5.69 Å². The van der Waals surface area contributed by atoms with Gasteiger partial charge in [0, 0.05) is 45.4 Å². The number of carbonyl (C=O) groups excluding carboxylic acids is 1. The fourth-order valence-corrected chi connectivity index (χ4v) is 4.74. The molecule has 138 valence electrons. The van der Waals surface area contributed by atoms with Crippen LogP contribution in [-0.4, -0.2) is 87.8 Å². The maximum absolute atomic E-state index is 12.4. The molecule has 3 fully saturated rings. The number of aliphatic hydroxyl groups excluding tert-OH is 1. The first-order chi connectivity index (χ1) is 12.2. The van der Waals surface area contributed by atoms with Crippen LogP contribution < -0.4 is 0 Å². The van der Waals surface area contributed by atoms with Gasteiger partial charge >= 0.3 is 0 Å². The Labute approximate surface area is 147 Å². The Morgan fingerprint density at radius 1 is 1.32 bits per heavy atom. The Balaban J connectivity index is 1.39. The molecule has 2 N–H and O–H groups in total. The largest absolute Gasteiger partial charge is 0.392 e. The van der Waals surface area contributed by atoms with Crippen LogP contribution in [0.25, 0.3) is 0 Å². The van der Waals surface area contributed by atoms with Crippen LogP contribution >= 0.6 is 0 Å². The lowest BCUT2D eigenvalue weighted by molar-refractivity contribution is -0.0695.